The fraction of sp³-hybridized carbons (Fsp3) is 0.444. The highest BCUT2D eigenvalue weighted by atomic mass is 35.5. The van der Waals surface area contributed by atoms with E-state index in [1.54, 1.807) is 6.20 Å². The molecule has 1 unspecified atom stereocenters. The zero-order valence-electron chi connectivity index (χ0n) is 7.29. The molecule has 3 heteroatoms. The number of alkyl halides is 1. The Balaban J connectivity index is 2.94. The van der Waals surface area contributed by atoms with Crippen LogP contribution in [0.2, 0.25) is 0 Å². The van der Waals surface area contributed by atoms with E-state index < -0.39 is 0 Å². The van der Waals surface area contributed by atoms with Crippen molar-refractivity contribution in [2.45, 2.75) is 19.2 Å². The molecule has 0 fully saturated rings. The molecule has 0 aliphatic carbocycles. The van der Waals surface area contributed by atoms with Gasteiger partial charge >= 0.3 is 0 Å². The molecule has 0 aliphatic heterocycles. The lowest BCUT2D eigenvalue weighted by atomic mass is 10.0. The van der Waals surface area contributed by atoms with Gasteiger partial charge in [0, 0.05) is 11.8 Å². The lowest BCUT2D eigenvalue weighted by molar-refractivity contribution is 0.624. The predicted octanol–water partition coefficient (Wildman–Crippen LogP) is 2.60. The summed E-state index contributed by atoms with van der Waals surface area (Å²) in [6.07, 6.45) is 1.67. The van der Waals surface area contributed by atoms with Gasteiger partial charge in [-0.05, 0) is 12.0 Å². The van der Waals surface area contributed by atoms with E-state index in [2.05, 4.69) is 18.8 Å². The van der Waals surface area contributed by atoms with Gasteiger partial charge in [-0.2, -0.15) is 0 Å². The van der Waals surface area contributed by atoms with Crippen LogP contribution in [0.25, 0.3) is 0 Å². The molecule has 0 radical (unpaired) electrons. The minimum Gasteiger partial charge on any atom is -0.383 e. The molecular weight excluding hydrogens is 172 g/mol. The van der Waals surface area contributed by atoms with E-state index in [0.29, 0.717) is 11.7 Å². The number of nitrogen functional groups attached to an aromatic ring is 1. The largest absolute Gasteiger partial charge is 0.383 e. The molecule has 0 aliphatic rings. The lowest BCUT2D eigenvalue weighted by Gasteiger charge is -2.14. The highest BCUT2D eigenvalue weighted by Crippen LogP contribution is 2.30. The lowest BCUT2D eigenvalue weighted by Crippen LogP contribution is -2.04. The van der Waals surface area contributed by atoms with Crippen LogP contribution in [0.3, 0.4) is 0 Å². The Labute approximate surface area is 77.8 Å². The Hall–Kier alpha value is -0.760. The van der Waals surface area contributed by atoms with Crippen LogP contribution in [0.15, 0.2) is 18.3 Å². The summed E-state index contributed by atoms with van der Waals surface area (Å²) in [5.41, 5.74) is 6.59. The van der Waals surface area contributed by atoms with Crippen LogP contribution >= 0.6 is 11.6 Å². The van der Waals surface area contributed by atoms with E-state index in [4.69, 9.17) is 17.3 Å². The Morgan fingerprint density at radius 3 is 2.67 bits per heavy atom. The standard InChI is InChI=1S/C9H13ClN2/c1-6(2)8(10)7-4-3-5-12-9(7)11/h3-6,8H,1-2H3,(H2,11,12). The molecule has 1 atom stereocenters. The maximum Gasteiger partial charge on any atom is 0.128 e. The van der Waals surface area contributed by atoms with Crippen LogP contribution < -0.4 is 5.73 Å². The number of aromatic nitrogens is 1. The summed E-state index contributed by atoms with van der Waals surface area (Å²) >= 11 is 6.13. The van der Waals surface area contributed by atoms with Gasteiger partial charge in [-0.1, -0.05) is 19.9 Å². The molecule has 1 aromatic rings. The minimum atomic E-state index is -0.0429. The molecule has 12 heavy (non-hydrogen) atoms. The summed E-state index contributed by atoms with van der Waals surface area (Å²) < 4.78 is 0. The first-order valence-electron chi connectivity index (χ1n) is 3.97. The number of rotatable bonds is 2. The molecule has 0 spiro atoms. The maximum atomic E-state index is 6.13. The van der Waals surface area contributed by atoms with Gasteiger partial charge in [0.1, 0.15) is 5.82 Å². The number of halogens is 1. The third kappa shape index (κ3) is 1.89. The molecule has 1 heterocycles. The van der Waals surface area contributed by atoms with Gasteiger partial charge in [-0.25, -0.2) is 4.98 Å². The topological polar surface area (TPSA) is 38.9 Å². The van der Waals surface area contributed by atoms with Crippen LogP contribution in [-0.2, 0) is 0 Å². The Morgan fingerprint density at radius 2 is 2.17 bits per heavy atom. The van der Waals surface area contributed by atoms with Crippen molar-refractivity contribution < 1.29 is 0 Å². The number of nitrogens with two attached hydrogens (primary N) is 1. The molecule has 1 rings (SSSR count). The SMILES string of the molecule is CC(C)C(Cl)c1cccnc1N. The van der Waals surface area contributed by atoms with Gasteiger partial charge in [0.25, 0.3) is 0 Å². The molecule has 0 saturated carbocycles. The minimum absolute atomic E-state index is 0.0429. The quantitative estimate of drug-likeness (QED) is 0.718. The van der Waals surface area contributed by atoms with E-state index in [1.165, 1.54) is 0 Å². The van der Waals surface area contributed by atoms with E-state index in [0.717, 1.165) is 5.56 Å². The summed E-state index contributed by atoms with van der Waals surface area (Å²) in [4.78, 5) is 3.98. The summed E-state index contributed by atoms with van der Waals surface area (Å²) in [5, 5.41) is -0.0429. The average molecular weight is 185 g/mol. The highest BCUT2D eigenvalue weighted by Gasteiger charge is 2.14. The number of hydrogen-bond donors (Lipinski definition) is 1. The molecule has 66 valence electrons. The van der Waals surface area contributed by atoms with Gasteiger partial charge < -0.3 is 5.73 Å². The number of hydrogen-bond acceptors (Lipinski definition) is 2. The van der Waals surface area contributed by atoms with Crippen molar-refractivity contribution in [2.24, 2.45) is 5.92 Å². The van der Waals surface area contributed by atoms with Crippen LogP contribution in [-0.4, -0.2) is 4.98 Å². The molecule has 0 saturated heterocycles. The summed E-state index contributed by atoms with van der Waals surface area (Å²) in [5.74, 6) is 0.907. The monoisotopic (exact) mass is 184 g/mol. The van der Waals surface area contributed by atoms with Crippen molar-refractivity contribution >= 4 is 17.4 Å². The van der Waals surface area contributed by atoms with Gasteiger partial charge in [0.2, 0.25) is 0 Å². The van der Waals surface area contributed by atoms with E-state index >= 15 is 0 Å². The molecule has 2 nitrogen and oxygen atoms in total. The van der Waals surface area contributed by atoms with Crippen molar-refractivity contribution in [1.29, 1.82) is 0 Å². The second kappa shape index (κ2) is 3.76. The number of nitrogens with zero attached hydrogens (tertiary/aromatic N) is 1. The number of anilines is 1. The average Bonchev–Trinajstić information content (AvgIpc) is 2.04. The van der Waals surface area contributed by atoms with Crippen molar-refractivity contribution in [2.75, 3.05) is 5.73 Å². The maximum absolute atomic E-state index is 6.13. The van der Waals surface area contributed by atoms with Crippen molar-refractivity contribution in [3.05, 3.63) is 23.9 Å². The first-order valence-corrected chi connectivity index (χ1v) is 4.41. The molecule has 2 N–H and O–H groups in total. The zero-order valence-corrected chi connectivity index (χ0v) is 8.05. The van der Waals surface area contributed by atoms with Gasteiger partial charge in [-0.15, -0.1) is 11.6 Å². The predicted molar refractivity (Wildman–Crippen MR) is 52.1 cm³/mol. The van der Waals surface area contributed by atoms with E-state index in [9.17, 15) is 0 Å². The second-order valence-corrected chi connectivity index (χ2v) is 3.59. The van der Waals surface area contributed by atoms with Gasteiger partial charge in [0.15, 0.2) is 0 Å². The highest BCUT2D eigenvalue weighted by molar-refractivity contribution is 6.21. The summed E-state index contributed by atoms with van der Waals surface area (Å²) in [6.45, 7) is 4.12. The Kier molecular flexibility index (Phi) is 2.93. The van der Waals surface area contributed by atoms with Crippen LogP contribution in [0.4, 0.5) is 5.82 Å². The molecule has 0 bridgehead atoms. The smallest absolute Gasteiger partial charge is 0.128 e. The van der Waals surface area contributed by atoms with Crippen LogP contribution in [0, 0.1) is 5.92 Å². The normalized spacial score (nSPS) is 13.3. The van der Waals surface area contributed by atoms with E-state index in [-0.39, 0.29) is 5.38 Å². The summed E-state index contributed by atoms with van der Waals surface area (Å²) in [6, 6.07) is 3.77. The first kappa shape index (κ1) is 9.33. The number of pyridine rings is 1. The van der Waals surface area contributed by atoms with Crippen molar-refractivity contribution in [1.82, 2.24) is 4.98 Å². The van der Waals surface area contributed by atoms with Crippen molar-refractivity contribution in [3.63, 3.8) is 0 Å². The van der Waals surface area contributed by atoms with Crippen LogP contribution in [0.5, 0.6) is 0 Å². The van der Waals surface area contributed by atoms with Crippen molar-refractivity contribution in [3.8, 4) is 0 Å². The fourth-order valence-corrected chi connectivity index (χ4v) is 1.21. The zero-order chi connectivity index (χ0) is 9.14. The second-order valence-electron chi connectivity index (χ2n) is 3.12. The molecular formula is C9H13ClN2. The molecule has 1 aromatic heterocycles. The van der Waals surface area contributed by atoms with Crippen LogP contribution in [0.1, 0.15) is 24.8 Å². The first-order chi connectivity index (χ1) is 5.63. The van der Waals surface area contributed by atoms with Gasteiger partial charge in [-0.3, -0.25) is 0 Å². The van der Waals surface area contributed by atoms with Gasteiger partial charge in [0.05, 0.1) is 5.38 Å². The Bertz CT molecular complexity index is 260. The fourth-order valence-electron chi connectivity index (χ4n) is 1.02. The third-order valence-corrected chi connectivity index (χ3v) is 2.49. The summed E-state index contributed by atoms with van der Waals surface area (Å²) in [7, 11) is 0. The Morgan fingerprint density at radius 1 is 1.50 bits per heavy atom. The third-order valence-electron chi connectivity index (χ3n) is 1.75. The molecule has 0 amide bonds. The molecule has 0 aromatic carbocycles. The van der Waals surface area contributed by atoms with E-state index in [1.807, 2.05) is 12.1 Å².